The van der Waals surface area contributed by atoms with Crippen molar-refractivity contribution in [2.75, 3.05) is 26.7 Å². The topological polar surface area (TPSA) is 37.4 Å². The molecule has 19 heavy (non-hydrogen) atoms. The van der Waals surface area contributed by atoms with E-state index in [0.717, 1.165) is 26.2 Å². The summed E-state index contributed by atoms with van der Waals surface area (Å²) in [6.45, 7) is 6.71. The lowest BCUT2D eigenvalue weighted by atomic mass is 10.1. The standard InChI is InChI=1S/C15H25N3O/c1-3-14-6-10-18(9-4-7-16-14)12-13-5-8-17-15(11-13)19-2/h5,8,11,14,16H,3-4,6-7,9-10,12H2,1-2H3. The molecule has 4 heteroatoms. The van der Waals surface area contributed by atoms with Crippen LogP contribution in [0.2, 0.25) is 0 Å². The molecule has 1 atom stereocenters. The molecule has 1 unspecified atom stereocenters. The molecule has 0 aliphatic carbocycles. The number of pyridine rings is 1. The second-order valence-electron chi connectivity index (χ2n) is 5.18. The van der Waals surface area contributed by atoms with Crippen LogP contribution in [0.4, 0.5) is 0 Å². The Bertz CT molecular complexity index is 383. The lowest BCUT2D eigenvalue weighted by Crippen LogP contribution is -2.39. The van der Waals surface area contributed by atoms with Crippen LogP contribution in [-0.4, -0.2) is 42.7 Å². The van der Waals surface area contributed by atoms with Crippen molar-refractivity contribution in [3.63, 3.8) is 0 Å². The van der Waals surface area contributed by atoms with Crippen LogP contribution in [0, 0.1) is 0 Å². The largest absolute Gasteiger partial charge is 0.481 e. The van der Waals surface area contributed by atoms with Gasteiger partial charge in [-0.15, -0.1) is 0 Å². The van der Waals surface area contributed by atoms with Gasteiger partial charge in [-0.25, -0.2) is 4.98 Å². The number of nitrogens with zero attached hydrogens (tertiary/aromatic N) is 2. The molecule has 0 aromatic carbocycles. The smallest absolute Gasteiger partial charge is 0.213 e. The van der Waals surface area contributed by atoms with Gasteiger partial charge in [0.2, 0.25) is 5.88 Å². The van der Waals surface area contributed by atoms with Crippen LogP contribution in [-0.2, 0) is 6.54 Å². The Morgan fingerprint density at radius 3 is 3.16 bits per heavy atom. The van der Waals surface area contributed by atoms with E-state index in [4.69, 9.17) is 4.74 Å². The highest BCUT2D eigenvalue weighted by Gasteiger charge is 2.14. The molecule has 0 spiro atoms. The minimum Gasteiger partial charge on any atom is -0.481 e. The first-order chi connectivity index (χ1) is 9.31. The maximum atomic E-state index is 5.18. The fourth-order valence-electron chi connectivity index (χ4n) is 2.59. The molecule has 1 aromatic rings. The van der Waals surface area contributed by atoms with E-state index < -0.39 is 0 Å². The summed E-state index contributed by atoms with van der Waals surface area (Å²) in [5, 5.41) is 3.62. The molecule has 2 heterocycles. The van der Waals surface area contributed by atoms with Crippen molar-refractivity contribution >= 4 is 0 Å². The van der Waals surface area contributed by atoms with E-state index in [1.54, 1.807) is 7.11 Å². The fourth-order valence-corrected chi connectivity index (χ4v) is 2.59. The molecule has 4 nitrogen and oxygen atoms in total. The van der Waals surface area contributed by atoms with Gasteiger partial charge in [0.1, 0.15) is 0 Å². The highest BCUT2D eigenvalue weighted by molar-refractivity contribution is 5.20. The molecule has 0 saturated carbocycles. The molecule has 1 aliphatic rings. The number of rotatable bonds is 4. The van der Waals surface area contributed by atoms with Gasteiger partial charge in [-0.3, -0.25) is 4.90 Å². The lowest BCUT2D eigenvalue weighted by molar-refractivity contribution is 0.224. The highest BCUT2D eigenvalue weighted by Crippen LogP contribution is 2.13. The van der Waals surface area contributed by atoms with Gasteiger partial charge < -0.3 is 10.1 Å². The highest BCUT2D eigenvalue weighted by atomic mass is 16.5. The second-order valence-corrected chi connectivity index (χ2v) is 5.18. The predicted molar refractivity (Wildman–Crippen MR) is 77.4 cm³/mol. The van der Waals surface area contributed by atoms with Gasteiger partial charge in [-0.1, -0.05) is 6.92 Å². The van der Waals surface area contributed by atoms with Gasteiger partial charge in [-0.2, -0.15) is 0 Å². The van der Waals surface area contributed by atoms with E-state index in [1.165, 1.54) is 24.8 Å². The van der Waals surface area contributed by atoms with Crippen LogP contribution >= 0.6 is 0 Å². The summed E-state index contributed by atoms with van der Waals surface area (Å²) in [5.41, 5.74) is 1.29. The van der Waals surface area contributed by atoms with Crippen molar-refractivity contribution in [1.82, 2.24) is 15.2 Å². The minimum atomic E-state index is 0.676. The van der Waals surface area contributed by atoms with Crippen molar-refractivity contribution < 1.29 is 4.74 Å². The number of ether oxygens (including phenoxy) is 1. The third-order valence-corrected chi connectivity index (χ3v) is 3.79. The zero-order chi connectivity index (χ0) is 13.5. The van der Waals surface area contributed by atoms with Gasteiger partial charge in [-0.05, 0) is 50.5 Å². The van der Waals surface area contributed by atoms with Crippen molar-refractivity contribution in [3.8, 4) is 5.88 Å². The predicted octanol–water partition coefficient (Wildman–Crippen LogP) is 2.05. The molecule has 1 aromatic heterocycles. The Balaban J connectivity index is 1.92. The molecule has 106 valence electrons. The Morgan fingerprint density at radius 1 is 1.47 bits per heavy atom. The Hall–Kier alpha value is -1.13. The van der Waals surface area contributed by atoms with Crippen LogP contribution in [0.1, 0.15) is 31.7 Å². The maximum absolute atomic E-state index is 5.18. The third-order valence-electron chi connectivity index (χ3n) is 3.79. The second kappa shape index (κ2) is 7.46. The molecular weight excluding hydrogens is 238 g/mol. The zero-order valence-corrected chi connectivity index (χ0v) is 12.1. The Kier molecular flexibility index (Phi) is 5.61. The van der Waals surface area contributed by atoms with E-state index in [2.05, 4.69) is 28.2 Å². The van der Waals surface area contributed by atoms with Crippen LogP contribution in [0.5, 0.6) is 5.88 Å². The van der Waals surface area contributed by atoms with Crippen LogP contribution in [0.15, 0.2) is 18.3 Å². The van der Waals surface area contributed by atoms with Gasteiger partial charge >= 0.3 is 0 Å². The summed E-state index contributed by atoms with van der Waals surface area (Å²) in [6, 6.07) is 4.79. The number of aromatic nitrogens is 1. The first-order valence-corrected chi connectivity index (χ1v) is 7.26. The van der Waals surface area contributed by atoms with Gasteiger partial charge in [0.25, 0.3) is 0 Å². The van der Waals surface area contributed by atoms with Crippen LogP contribution in [0.3, 0.4) is 0 Å². The van der Waals surface area contributed by atoms with E-state index in [0.29, 0.717) is 11.9 Å². The first kappa shape index (κ1) is 14.3. The summed E-state index contributed by atoms with van der Waals surface area (Å²) in [7, 11) is 1.67. The van der Waals surface area contributed by atoms with E-state index in [9.17, 15) is 0 Å². The molecule has 1 aliphatic heterocycles. The van der Waals surface area contributed by atoms with Crippen molar-refractivity contribution in [1.29, 1.82) is 0 Å². The molecule has 0 radical (unpaired) electrons. The summed E-state index contributed by atoms with van der Waals surface area (Å²) in [4.78, 5) is 6.70. The lowest BCUT2D eigenvalue weighted by Gasteiger charge is -2.28. The van der Waals surface area contributed by atoms with Crippen LogP contribution < -0.4 is 10.1 Å². The molecule has 1 N–H and O–H groups in total. The van der Waals surface area contributed by atoms with Crippen molar-refractivity contribution in [2.24, 2.45) is 0 Å². The SMILES string of the molecule is CCC1CCN(Cc2ccnc(OC)c2)CCCN1. The Morgan fingerprint density at radius 2 is 2.37 bits per heavy atom. The fraction of sp³-hybridized carbons (Fsp3) is 0.667. The molecule has 2 rings (SSSR count). The first-order valence-electron chi connectivity index (χ1n) is 7.26. The zero-order valence-electron chi connectivity index (χ0n) is 12.1. The van der Waals surface area contributed by atoms with Gasteiger partial charge in [0.05, 0.1) is 7.11 Å². The normalized spacial score (nSPS) is 21.7. The summed E-state index contributed by atoms with van der Waals surface area (Å²) < 4.78 is 5.18. The van der Waals surface area contributed by atoms with Crippen molar-refractivity contribution in [3.05, 3.63) is 23.9 Å². The summed E-state index contributed by atoms with van der Waals surface area (Å²) >= 11 is 0. The van der Waals surface area contributed by atoms with E-state index in [1.807, 2.05) is 12.3 Å². The van der Waals surface area contributed by atoms with Gasteiger partial charge in [0.15, 0.2) is 0 Å². The quantitative estimate of drug-likeness (QED) is 0.902. The Labute approximate surface area is 116 Å². The number of methoxy groups -OCH3 is 1. The number of nitrogens with one attached hydrogen (secondary N) is 1. The maximum Gasteiger partial charge on any atom is 0.213 e. The molecular formula is C15H25N3O. The monoisotopic (exact) mass is 263 g/mol. The third kappa shape index (κ3) is 4.48. The van der Waals surface area contributed by atoms with Crippen LogP contribution in [0.25, 0.3) is 0 Å². The van der Waals surface area contributed by atoms with Crippen molar-refractivity contribution in [2.45, 2.75) is 38.8 Å². The minimum absolute atomic E-state index is 0.676. The average molecular weight is 263 g/mol. The molecule has 0 bridgehead atoms. The molecule has 0 amide bonds. The summed E-state index contributed by atoms with van der Waals surface area (Å²) in [6.07, 6.45) is 5.50. The van der Waals surface area contributed by atoms with E-state index >= 15 is 0 Å². The number of hydrogen-bond donors (Lipinski definition) is 1. The molecule has 1 fully saturated rings. The average Bonchev–Trinajstić information content (AvgIpc) is 2.43. The van der Waals surface area contributed by atoms with Gasteiger partial charge in [0, 0.05) is 24.8 Å². The van der Waals surface area contributed by atoms with E-state index in [-0.39, 0.29) is 0 Å². The number of hydrogen-bond acceptors (Lipinski definition) is 4. The summed E-state index contributed by atoms with van der Waals surface area (Å²) in [5.74, 6) is 0.706. The molecule has 1 saturated heterocycles.